The number of hydrogen-bond acceptors (Lipinski definition) is 3. The van der Waals surface area contributed by atoms with E-state index in [0.29, 0.717) is 5.65 Å². The van der Waals surface area contributed by atoms with Crippen LogP contribution in [-0.2, 0) is 0 Å². The van der Waals surface area contributed by atoms with Gasteiger partial charge in [-0.1, -0.05) is 12.1 Å². The minimum atomic E-state index is -0.943. The fourth-order valence-electron chi connectivity index (χ4n) is 1.85. The monoisotopic (exact) mass is 239 g/mol. The number of nitrogens with zero attached hydrogens (tertiary/aromatic N) is 3. The second kappa shape index (κ2) is 3.96. The van der Waals surface area contributed by atoms with Gasteiger partial charge in [-0.15, -0.1) is 0 Å². The van der Waals surface area contributed by atoms with Crippen LogP contribution < -0.4 is 0 Å². The van der Waals surface area contributed by atoms with Gasteiger partial charge < -0.3 is 5.11 Å². The first kappa shape index (κ1) is 10.5. The first-order chi connectivity index (χ1) is 8.75. The van der Waals surface area contributed by atoms with E-state index in [2.05, 4.69) is 10.1 Å². The van der Waals surface area contributed by atoms with Crippen LogP contribution in [-0.4, -0.2) is 25.7 Å². The summed E-state index contributed by atoms with van der Waals surface area (Å²) < 4.78 is 1.66. The summed E-state index contributed by atoms with van der Waals surface area (Å²) in [5, 5.41) is 13.2. The number of hydrogen-bond donors (Lipinski definition) is 1. The normalized spacial score (nSPS) is 10.7. The number of carbonyl (C=O) groups is 1. The van der Waals surface area contributed by atoms with Crippen molar-refractivity contribution >= 4 is 11.6 Å². The zero-order chi connectivity index (χ0) is 12.5. The summed E-state index contributed by atoms with van der Waals surface area (Å²) in [6.07, 6.45) is 5.16. The third kappa shape index (κ3) is 1.62. The summed E-state index contributed by atoms with van der Waals surface area (Å²) in [7, 11) is 0. The second-order valence-corrected chi connectivity index (χ2v) is 3.83. The Kier molecular flexibility index (Phi) is 2.30. The molecule has 0 saturated heterocycles. The number of carboxylic acids is 1. The summed E-state index contributed by atoms with van der Waals surface area (Å²) in [5.41, 5.74) is 2.57. The van der Waals surface area contributed by atoms with Crippen LogP contribution >= 0.6 is 0 Å². The topological polar surface area (TPSA) is 67.5 Å². The molecule has 5 nitrogen and oxygen atoms in total. The smallest absolute Gasteiger partial charge is 0.335 e. The summed E-state index contributed by atoms with van der Waals surface area (Å²) in [4.78, 5) is 15.2. The van der Waals surface area contributed by atoms with Crippen LogP contribution in [0.3, 0.4) is 0 Å². The number of benzene rings is 1. The van der Waals surface area contributed by atoms with Crippen molar-refractivity contribution in [2.45, 2.75) is 0 Å². The standard InChI is InChI=1S/C13H9N3O2/c17-13(18)10-4-1-3-9(7-10)11-8-15-16-6-2-5-14-12(11)16/h1-8H,(H,17,18). The zero-order valence-electron chi connectivity index (χ0n) is 9.32. The lowest BCUT2D eigenvalue weighted by Gasteiger charge is -2.00. The summed E-state index contributed by atoms with van der Waals surface area (Å²) in [6, 6.07) is 8.53. The van der Waals surface area contributed by atoms with Gasteiger partial charge in [0.1, 0.15) is 0 Å². The maximum Gasteiger partial charge on any atom is 0.335 e. The summed E-state index contributed by atoms with van der Waals surface area (Å²) >= 11 is 0. The molecule has 2 aromatic heterocycles. The lowest BCUT2D eigenvalue weighted by molar-refractivity contribution is 0.0697. The third-order valence-corrected chi connectivity index (χ3v) is 2.70. The van der Waals surface area contributed by atoms with Crippen molar-refractivity contribution in [2.24, 2.45) is 0 Å². The van der Waals surface area contributed by atoms with Crippen LogP contribution in [0.1, 0.15) is 10.4 Å². The van der Waals surface area contributed by atoms with E-state index >= 15 is 0 Å². The Morgan fingerprint density at radius 3 is 3.00 bits per heavy atom. The number of aromatic carboxylic acids is 1. The van der Waals surface area contributed by atoms with E-state index in [4.69, 9.17) is 5.11 Å². The molecule has 0 spiro atoms. The van der Waals surface area contributed by atoms with Gasteiger partial charge in [0.05, 0.1) is 11.8 Å². The SMILES string of the molecule is O=C(O)c1cccc(-c2cnn3cccnc23)c1. The molecule has 3 aromatic rings. The Morgan fingerprint density at radius 1 is 1.28 bits per heavy atom. The van der Waals surface area contributed by atoms with Gasteiger partial charge >= 0.3 is 5.97 Å². The van der Waals surface area contributed by atoms with E-state index in [1.165, 1.54) is 0 Å². The van der Waals surface area contributed by atoms with E-state index in [-0.39, 0.29) is 5.56 Å². The van der Waals surface area contributed by atoms with Crippen molar-refractivity contribution in [3.63, 3.8) is 0 Å². The number of fused-ring (bicyclic) bond motifs is 1. The zero-order valence-corrected chi connectivity index (χ0v) is 9.32. The number of rotatable bonds is 2. The molecular formula is C13H9N3O2. The Labute approximate surface area is 102 Å². The largest absolute Gasteiger partial charge is 0.478 e. The molecule has 5 heteroatoms. The lowest BCUT2D eigenvalue weighted by Crippen LogP contribution is -1.95. The number of aromatic nitrogens is 3. The quantitative estimate of drug-likeness (QED) is 0.743. The first-order valence-electron chi connectivity index (χ1n) is 5.38. The van der Waals surface area contributed by atoms with Crippen LogP contribution in [0, 0.1) is 0 Å². The molecule has 0 atom stereocenters. The molecular weight excluding hydrogens is 230 g/mol. The minimum Gasteiger partial charge on any atom is -0.478 e. The average Bonchev–Trinajstić information content (AvgIpc) is 2.82. The molecule has 0 radical (unpaired) electrons. The van der Waals surface area contributed by atoms with Gasteiger partial charge in [0.15, 0.2) is 5.65 Å². The van der Waals surface area contributed by atoms with Gasteiger partial charge in [0.2, 0.25) is 0 Å². The molecule has 2 heterocycles. The molecule has 0 bridgehead atoms. The maximum atomic E-state index is 10.9. The highest BCUT2D eigenvalue weighted by Crippen LogP contribution is 2.23. The van der Waals surface area contributed by atoms with Gasteiger partial charge in [-0.05, 0) is 23.8 Å². The van der Waals surface area contributed by atoms with Crippen molar-refractivity contribution < 1.29 is 9.90 Å². The summed E-state index contributed by atoms with van der Waals surface area (Å²) in [6.45, 7) is 0. The van der Waals surface area contributed by atoms with Crippen molar-refractivity contribution in [3.05, 3.63) is 54.5 Å². The number of carboxylic acid groups (broad SMARTS) is 1. The third-order valence-electron chi connectivity index (χ3n) is 2.70. The van der Waals surface area contributed by atoms with Crippen molar-refractivity contribution in [1.29, 1.82) is 0 Å². The van der Waals surface area contributed by atoms with E-state index in [9.17, 15) is 4.79 Å². The molecule has 18 heavy (non-hydrogen) atoms. The Hall–Kier alpha value is -2.69. The van der Waals surface area contributed by atoms with Gasteiger partial charge in [-0.25, -0.2) is 14.3 Å². The molecule has 88 valence electrons. The van der Waals surface area contributed by atoms with Crippen molar-refractivity contribution in [2.75, 3.05) is 0 Å². The lowest BCUT2D eigenvalue weighted by atomic mass is 10.1. The van der Waals surface area contributed by atoms with Crippen LogP contribution in [0.2, 0.25) is 0 Å². The molecule has 3 rings (SSSR count). The molecule has 0 amide bonds. The van der Waals surface area contributed by atoms with E-state index in [1.807, 2.05) is 6.07 Å². The van der Waals surface area contributed by atoms with Gasteiger partial charge in [0.25, 0.3) is 0 Å². The second-order valence-electron chi connectivity index (χ2n) is 3.83. The van der Waals surface area contributed by atoms with E-state index < -0.39 is 5.97 Å². The van der Waals surface area contributed by atoms with Crippen LogP contribution in [0.25, 0.3) is 16.8 Å². The molecule has 0 aliphatic carbocycles. The first-order valence-corrected chi connectivity index (χ1v) is 5.38. The highest BCUT2D eigenvalue weighted by Gasteiger charge is 2.09. The Balaban J connectivity index is 2.20. The van der Waals surface area contributed by atoms with Crippen LogP contribution in [0.15, 0.2) is 48.9 Å². The molecule has 0 aliphatic heterocycles. The predicted octanol–water partition coefficient (Wildman–Crippen LogP) is 2.09. The van der Waals surface area contributed by atoms with E-state index in [1.54, 1.807) is 47.4 Å². The minimum absolute atomic E-state index is 0.253. The molecule has 0 unspecified atom stereocenters. The van der Waals surface area contributed by atoms with Crippen LogP contribution in [0.4, 0.5) is 0 Å². The summed E-state index contributed by atoms with van der Waals surface area (Å²) in [5.74, 6) is -0.943. The molecule has 1 N–H and O–H groups in total. The average molecular weight is 239 g/mol. The van der Waals surface area contributed by atoms with Crippen LogP contribution in [0.5, 0.6) is 0 Å². The van der Waals surface area contributed by atoms with Gasteiger partial charge in [-0.2, -0.15) is 5.10 Å². The molecule has 1 aromatic carbocycles. The van der Waals surface area contributed by atoms with Gasteiger partial charge in [0, 0.05) is 18.0 Å². The van der Waals surface area contributed by atoms with Crippen molar-refractivity contribution in [3.8, 4) is 11.1 Å². The predicted molar refractivity (Wildman–Crippen MR) is 65.4 cm³/mol. The Bertz CT molecular complexity index is 734. The highest BCUT2D eigenvalue weighted by atomic mass is 16.4. The van der Waals surface area contributed by atoms with E-state index in [0.717, 1.165) is 11.1 Å². The molecule has 0 saturated carbocycles. The van der Waals surface area contributed by atoms with Crippen molar-refractivity contribution in [1.82, 2.24) is 14.6 Å². The highest BCUT2D eigenvalue weighted by molar-refractivity contribution is 5.90. The fourth-order valence-corrected chi connectivity index (χ4v) is 1.85. The fraction of sp³-hybridized carbons (Fsp3) is 0. The molecule has 0 aliphatic rings. The van der Waals surface area contributed by atoms with Gasteiger partial charge in [-0.3, -0.25) is 0 Å². The maximum absolute atomic E-state index is 10.9. The molecule has 0 fully saturated rings. The Morgan fingerprint density at radius 2 is 2.17 bits per heavy atom.